The lowest BCUT2D eigenvalue weighted by Crippen LogP contribution is -2.31. The van der Waals surface area contributed by atoms with Crippen molar-refractivity contribution in [2.45, 2.75) is 136 Å². The van der Waals surface area contributed by atoms with Crippen LogP contribution in [0.25, 0.3) is 0 Å². The fourth-order valence-electron chi connectivity index (χ4n) is 5.11. The highest BCUT2D eigenvalue weighted by atomic mass is 33.1. The molecular formula is C38H67NO4S4. The van der Waals surface area contributed by atoms with Crippen LogP contribution in [-0.2, 0) is 25.5 Å². The van der Waals surface area contributed by atoms with Gasteiger partial charge in [-0.25, -0.2) is 0 Å². The minimum atomic E-state index is -0.160. The normalized spacial score (nSPS) is 11.3. The summed E-state index contributed by atoms with van der Waals surface area (Å²) in [7, 11) is 7.40. The number of carbonyl (C=O) groups is 2. The number of benzene rings is 1. The highest BCUT2D eigenvalue weighted by Gasteiger charge is 2.13. The molecule has 9 heteroatoms. The Kier molecular flexibility index (Phi) is 33.5. The highest BCUT2D eigenvalue weighted by Crippen LogP contribution is 2.24. The first kappa shape index (κ1) is 44.5. The van der Waals surface area contributed by atoms with Gasteiger partial charge in [0.05, 0.1) is 12.8 Å². The van der Waals surface area contributed by atoms with E-state index in [1.807, 2.05) is 39.8 Å². The smallest absolute Gasteiger partial charge is 0.307 e. The van der Waals surface area contributed by atoms with Gasteiger partial charge in [0.25, 0.3) is 0 Å². The van der Waals surface area contributed by atoms with Gasteiger partial charge in [-0.2, -0.15) is 0 Å². The monoisotopic (exact) mass is 729 g/mol. The van der Waals surface area contributed by atoms with Gasteiger partial charge in [-0.1, -0.05) is 177 Å². The van der Waals surface area contributed by atoms with E-state index in [0.29, 0.717) is 39.1 Å². The maximum absolute atomic E-state index is 12.4. The van der Waals surface area contributed by atoms with Crippen LogP contribution in [-0.4, -0.2) is 72.7 Å². The van der Waals surface area contributed by atoms with Crippen LogP contribution in [0.1, 0.15) is 135 Å². The molecule has 0 aromatic heterocycles. The summed E-state index contributed by atoms with van der Waals surface area (Å²) in [6.45, 7) is 7.41. The SMILES string of the molecule is CCCCCCCCCCSSCCOC(=O)CCN(CCC(=O)OCCSSCCCCCCCCCC)CCc1ccccc1. The van der Waals surface area contributed by atoms with Crippen LogP contribution in [0, 0.1) is 0 Å². The van der Waals surface area contributed by atoms with Crippen LogP contribution in [0.2, 0.25) is 0 Å². The zero-order valence-corrected chi connectivity index (χ0v) is 33.2. The minimum Gasteiger partial charge on any atom is -0.465 e. The molecular weight excluding hydrogens is 663 g/mol. The predicted molar refractivity (Wildman–Crippen MR) is 213 cm³/mol. The maximum Gasteiger partial charge on any atom is 0.307 e. The zero-order valence-electron chi connectivity index (χ0n) is 29.9. The lowest BCUT2D eigenvalue weighted by molar-refractivity contribution is -0.143. The molecule has 1 rings (SSSR count). The molecule has 0 fully saturated rings. The van der Waals surface area contributed by atoms with Gasteiger partial charge in [0.15, 0.2) is 0 Å². The van der Waals surface area contributed by atoms with Crippen molar-refractivity contribution in [3.63, 3.8) is 0 Å². The Morgan fingerprint density at radius 3 is 1.38 bits per heavy atom. The molecule has 0 bridgehead atoms. The number of hydrogen-bond acceptors (Lipinski definition) is 9. The van der Waals surface area contributed by atoms with Crippen molar-refractivity contribution >= 4 is 55.1 Å². The fourth-order valence-corrected chi connectivity index (χ4v) is 9.06. The van der Waals surface area contributed by atoms with Gasteiger partial charge in [-0.3, -0.25) is 9.59 Å². The molecule has 0 aliphatic carbocycles. The van der Waals surface area contributed by atoms with E-state index in [9.17, 15) is 9.59 Å². The van der Waals surface area contributed by atoms with E-state index in [1.54, 1.807) is 21.6 Å². The Bertz CT molecular complexity index is 787. The largest absolute Gasteiger partial charge is 0.465 e. The molecule has 47 heavy (non-hydrogen) atoms. The highest BCUT2D eigenvalue weighted by molar-refractivity contribution is 8.77. The summed E-state index contributed by atoms with van der Waals surface area (Å²) in [6.07, 6.45) is 23.1. The van der Waals surface area contributed by atoms with Crippen molar-refractivity contribution in [2.24, 2.45) is 0 Å². The van der Waals surface area contributed by atoms with E-state index in [-0.39, 0.29) is 11.9 Å². The number of ether oxygens (including phenoxy) is 2. The van der Waals surface area contributed by atoms with Gasteiger partial charge < -0.3 is 14.4 Å². The van der Waals surface area contributed by atoms with Gasteiger partial charge in [-0.15, -0.1) is 0 Å². The second-order valence-electron chi connectivity index (χ2n) is 12.3. The van der Waals surface area contributed by atoms with Crippen LogP contribution in [0.5, 0.6) is 0 Å². The number of rotatable bonds is 35. The summed E-state index contributed by atoms with van der Waals surface area (Å²) >= 11 is 0. The molecule has 0 radical (unpaired) electrons. The molecule has 0 aliphatic rings. The third-order valence-electron chi connectivity index (χ3n) is 8.01. The summed E-state index contributed by atoms with van der Waals surface area (Å²) in [6, 6.07) is 10.4. The van der Waals surface area contributed by atoms with Gasteiger partial charge in [0.1, 0.15) is 13.2 Å². The first-order valence-electron chi connectivity index (χ1n) is 18.7. The quantitative estimate of drug-likeness (QED) is 0.0386. The second-order valence-corrected chi connectivity index (χ2v) is 17.7. The number of hydrogen-bond donors (Lipinski definition) is 0. The molecule has 0 unspecified atom stereocenters. The molecule has 0 N–H and O–H groups in total. The molecule has 1 aromatic carbocycles. The lowest BCUT2D eigenvalue weighted by Gasteiger charge is -2.21. The van der Waals surface area contributed by atoms with Gasteiger partial charge in [0, 0.05) is 42.6 Å². The molecule has 0 heterocycles. The van der Waals surface area contributed by atoms with E-state index < -0.39 is 0 Å². The van der Waals surface area contributed by atoms with Crippen molar-refractivity contribution in [1.29, 1.82) is 0 Å². The van der Waals surface area contributed by atoms with Crippen molar-refractivity contribution in [1.82, 2.24) is 4.90 Å². The number of esters is 2. The van der Waals surface area contributed by atoms with E-state index >= 15 is 0 Å². The summed E-state index contributed by atoms with van der Waals surface area (Å²) in [4.78, 5) is 27.1. The van der Waals surface area contributed by atoms with E-state index in [4.69, 9.17) is 9.47 Å². The molecule has 0 saturated heterocycles. The van der Waals surface area contributed by atoms with Crippen LogP contribution in [0.15, 0.2) is 30.3 Å². The third-order valence-corrected chi connectivity index (χ3v) is 12.9. The number of nitrogens with zero attached hydrogens (tertiary/aromatic N) is 1. The Hall–Kier alpha value is -0.480. The first-order valence-corrected chi connectivity index (χ1v) is 23.7. The molecule has 0 saturated carbocycles. The Morgan fingerprint density at radius 2 is 0.936 bits per heavy atom. The van der Waals surface area contributed by atoms with Crippen LogP contribution < -0.4 is 0 Å². The molecule has 272 valence electrons. The number of carbonyl (C=O) groups excluding carboxylic acids is 2. The van der Waals surface area contributed by atoms with E-state index in [2.05, 4.69) is 30.9 Å². The molecule has 1 aromatic rings. The van der Waals surface area contributed by atoms with Crippen LogP contribution in [0.3, 0.4) is 0 Å². The van der Waals surface area contributed by atoms with Gasteiger partial charge in [0.2, 0.25) is 0 Å². The minimum absolute atomic E-state index is 0.160. The van der Waals surface area contributed by atoms with Gasteiger partial charge >= 0.3 is 11.9 Å². The Balaban J connectivity index is 2.14. The first-order chi connectivity index (χ1) is 23.2. The van der Waals surface area contributed by atoms with Crippen LogP contribution >= 0.6 is 43.2 Å². The molecule has 0 aliphatic heterocycles. The number of unbranched alkanes of at least 4 members (excludes halogenated alkanes) is 14. The van der Waals surface area contributed by atoms with Gasteiger partial charge in [-0.05, 0) is 24.8 Å². The average Bonchev–Trinajstić information content (AvgIpc) is 3.09. The molecule has 5 nitrogen and oxygen atoms in total. The average molecular weight is 730 g/mol. The predicted octanol–water partition coefficient (Wildman–Crippen LogP) is 11.4. The van der Waals surface area contributed by atoms with Crippen LogP contribution in [0.4, 0.5) is 0 Å². The van der Waals surface area contributed by atoms with Crippen molar-refractivity contribution in [2.75, 3.05) is 55.9 Å². The van der Waals surface area contributed by atoms with E-state index in [1.165, 1.54) is 120 Å². The standard InChI is InChI=1S/C38H67NO4S4/c1-3-5-7-9-11-13-15-20-32-44-46-34-30-42-37(40)25-28-39(27-24-36-22-18-17-19-23-36)29-26-38(41)43-31-35-47-45-33-21-16-14-12-10-8-6-4-2/h17-19,22-23H,3-16,20-21,24-35H2,1-2H3. The fraction of sp³-hybridized carbons (Fsp3) is 0.789. The summed E-state index contributed by atoms with van der Waals surface area (Å²) in [5, 5.41) is 0. The molecule has 0 atom stereocenters. The van der Waals surface area contributed by atoms with Crippen molar-refractivity contribution < 1.29 is 19.1 Å². The Morgan fingerprint density at radius 1 is 0.532 bits per heavy atom. The van der Waals surface area contributed by atoms with E-state index in [0.717, 1.165) is 24.5 Å². The van der Waals surface area contributed by atoms with Crippen molar-refractivity contribution in [3.8, 4) is 0 Å². The third kappa shape index (κ3) is 31.3. The molecule has 0 amide bonds. The Labute approximate surface area is 305 Å². The summed E-state index contributed by atoms with van der Waals surface area (Å²) < 4.78 is 11.0. The lowest BCUT2D eigenvalue weighted by atomic mass is 10.1. The zero-order chi connectivity index (χ0) is 33.9. The van der Waals surface area contributed by atoms with Crippen molar-refractivity contribution in [3.05, 3.63) is 35.9 Å². The molecule has 0 spiro atoms. The topological polar surface area (TPSA) is 55.8 Å². The summed E-state index contributed by atoms with van der Waals surface area (Å²) in [5.74, 6) is 3.67. The summed E-state index contributed by atoms with van der Waals surface area (Å²) in [5.41, 5.74) is 1.26. The maximum atomic E-state index is 12.4. The second kappa shape index (κ2) is 35.3.